The third-order valence-electron chi connectivity index (χ3n) is 4.31. The minimum atomic E-state index is -0.521. The second-order valence-electron chi connectivity index (χ2n) is 5.70. The summed E-state index contributed by atoms with van der Waals surface area (Å²) in [6, 6.07) is 1.37. The van der Waals surface area contributed by atoms with E-state index >= 15 is 0 Å². The maximum Gasteiger partial charge on any atom is 0.294 e. The Hall–Kier alpha value is -0.990. The van der Waals surface area contributed by atoms with Gasteiger partial charge >= 0.3 is 0 Å². The van der Waals surface area contributed by atoms with Crippen LogP contribution in [-0.4, -0.2) is 29.6 Å². The lowest BCUT2D eigenvalue weighted by Crippen LogP contribution is -2.44. The van der Waals surface area contributed by atoms with E-state index in [-0.39, 0.29) is 28.6 Å². The van der Waals surface area contributed by atoms with Crippen molar-refractivity contribution in [3.63, 3.8) is 0 Å². The zero-order valence-corrected chi connectivity index (χ0v) is 15.6. The number of thiophene rings is 1. The summed E-state index contributed by atoms with van der Waals surface area (Å²) in [7, 11) is 0. The Morgan fingerprint density at radius 1 is 1.57 bits per heavy atom. The fourth-order valence-electron chi connectivity index (χ4n) is 3.00. The number of nitrogens with one attached hydrogen (secondary N) is 1. The van der Waals surface area contributed by atoms with E-state index < -0.39 is 4.92 Å². The molecule has 2 atom stereocenters. The lowest BCUT2D eigenvalue weighted by Gasteiger charge is -2.34. The molecule has 0 spiro atoms. The summed E-state index contributed by atoms with van der Waals surface area (Å²) in [5.41, 5.74) is -0.150. The van der Waals surface area contributed by atoms with Crippen molar-refractivity contribution in [2.24, 2.45) is 5.92 Å². The molecule has 0 radical (unpaired) electrons. The van der Waals surface area contributed by atoms with Crippen molar-refractivity contribution in [2.75, 3.05) is 6.61 Å². The van der Waals surface area contributed by atoms with Crippen molar-refractivity contribution < 1.29 is 14.5 Å². The summed E-state index contributed by atoms with van der Waals surface area (Å²) in [4.78, 5) is 23.1. The number of nitrogens with zero attached hydrogens (tertiary/aromatic N) is 1. The second kappa shape index (κ2) is 8.21. The topological polar surface area (TPSA) is 81.5 Å². The molecule has 0 unspecified atom stereocenters. The first-order valence-corrected chi connectivity index (χ1v) is 9.43. The average molecular weight is 405 g/mol. The van der Waals surface area contributed by atoms with Crippen molar-refractivity contribution in [3.8, 4) is 0 Å². The Balaban J connectivity index is 2.04. The number of halogens is 1. The van der Waals surface area contributed by atoms with Crippen LogP contribution in [0.4, 0.5) is 5.69 Å². The lowest BCUT2D eigenvalue weighted by atomic mass is 9.89. The van der Waals surface area contributed by atoms with Gasteiger partial charge in [0, 0.05) is 18.7 Å². The molecule has 1 amide bonds. The number of hydrogen-bond donors (Lipinski definition) is 1. The van der Waals surface area contributed by atoms with Crippen LogP contribution in [0.3, 0.4) is 0 Å². The van der Waals surface area contributed by atoms with Crippen LogP contribution in [0.25, 0.3) is 0 Å². The standard InChI is InChI=1S/C15H21BrN2O4S/c1-3-9(4-2)12-7-10(5-6-22-12)17-15(19)14-11(18(20)21)8-13(16)23-14/h8-10,12H,3-7H2,1-2H3,(H,17,19)/t10-,12-/m1/s1. The quantitative estimate of drug-likeness (QED) is 0.570. The smallest absolute Gasteiger partial charge is 0.294 e. The number of ether oxygens (including phenoxy) is 1. The molecule has 1 saturated heterocycles. The van der Waals surface area contributed by atoms with E-state index in [0.717, 1.165) is 37.0 Å². The van der Waals surface area contributed by atoms with Crippen LogP contribution < -0.4 is 5.32 Å². The fourth-order valence-corrected chi connectivity index (χ4v) is 4.46. The van der Waals surface area contributed by atoms with Gasteiger partial charge in [0.2, 0.25) is 0 Å². The maximum absolute atomic E-state index is 12.4. The van der Waals surface area contributed by atoms with Gasteiger partial charge in [0.05, 0.1) is 14.8 Å². The Bertz CT molecular complexity index is 574. The molecule has 8 heteroatoms. The number of hydrogen-bond acceptors (Lipinski definition) is 5. The number of rotatable bonds is 6. The van der Waals surface area contributed by atoms with Gasteiger partial charge in [-0.2, -0.15) is 0 Å². The van der Waals surface area contributed by atoms with Gasteiger partial charge in [-0.1, -0.05) is 26.7 Å². The summed E-state index contributed by atoms with van der Waals surface area (Å²) >= 11 is 4.29. The van der Waals surface area contributed by atoms with E-state index in [1.807, 2.05) is 0 Å². The van der Waals surface area contributed by atoms with Gasteiger partial charge in [-0.3, -0.25) is 14.9 Å². The first kappa shape index (κ1) is 18.4. The molecule has 2 heterocycles. The summed E-state index contributed by atoms with van der Waals surface area (Å²) in [5, 5.41) is 14.0. The van der Waals surface area contributed by atoms with Gasteiger partial charge < -0.3 is 10.1 Å². The van der Waals surface area contributed by atoms with Gasteiger partial charge in [0.25, 0.3) is 11.6 Å². The largest absolute Gasteiger partial charge is 0.378 e. The zero-order valence-electron chi connectivity index (χ0n) is 13.2. The molecule has 128 valence electrons. The van der Waals surface area contributed by atoms with E-state index in [4.69, 9.17) is 4.74 Å². The summed E-state index contributed by atoms with van der Waals surface area (Å²) in [6.45, 7) is 4.90. The minimum absolute atomic E-state index is 0.00216. The van der Waals surface area contributed by atoms with Crippen molar-refractivity contribution >= 4 is 38.9 Å². The normalized spacial score (nSPS) is 21.4. The zero-order chi connectivity index (χ0) is 17.0. The predicted molar refractivity (Wildman–Crippen MR) is 93.0 cm³/mol. The number of carbonyl (C=O) groups is 1. The highest BCUT2D eigenvalue weighted by Crippen LogP contribution is 2.33. The number of carbonyl (C=O) groups excluding carboxylic acids is 1. The van der Waals surface area contributed by atoms with Crippen molar-refractivity contribution in [1.29, 1.82) is 0 Å². The van der Waals surface area contributed by atoms with Gasteiger partial charge in [0.1, 0.15) is 0 Å². The third-order valence-corrected chi connectivity index (χ3v) is 5.94. The fraction of sp³-hybridized carbons (Fsp3) is 0.667. The molecule has 1 aliphatic heterocycles. The number of amides is 1. The van der Waals surface area contributed by atoms with Gasteiger partial charge in [-0.25, -0.2) is 0 Å². The molecule has 1 aromatic rings. The van der Waals surface area contributed by atoms with Crippen LogP contribution in [0.5, 0.6) is 0 Å². The Morgan fingerprint density at radius 2 is 2.26 bits per heavy atom. The molecule has 1 aliphatic rings. The molecular weight excluding hydrogens is 384 g/mol. The van der Waals surface area contributed by atoms with Gasteiger partial charge in [0.15, 0.2) is 4.88 Å². The highest BCUT2D eigenvalue weighted by Gasteiger charge is 2.31. The van der Waals surface area contributed by atoms with E-state index in [0.29, 0.717) is 16.3 Å². The molecule has 23 heavy (non-hydrogen) atoms. The first-order valence-electron chi connectivity index (χ1n) is 7.82. The molecule has 0 saturated carbocycles. The van der Waals surface area contributed by atoms with E-state index in [2.05, 4.69) is 35.1 Å². The highest BCUT2D eigenvalue weighted by molar-refractivity contribution is 9.11. The SMILES string of the molecule is CCC(CC)[C@H]1C[C@H](NC(=O)c2sc(Br)cc2[N+](=O)[O-])CCO1. The lowest BCUT2D eigenvalue weighted by molar-refractivity contribution is -0.384. The molecule has 2 rings (SSSR count). The Morgan fingerprint density at radius 3 is 2.87 bits per heavy atom. The predicted octanol–water partition coefficient (Wildman–Crippen LogP) is 4.13. The molecule has 1 aromatic heterocycles. The maximum atomic E-state index is 12.4. The molecule has 1 N–H and O–H groups in total. The third kappa shape index (κ3) is 4.51. The second-order valence-corrected chi connectivity index (χ2v) is 8.13. The Labute approximate surface area is 147 Å². The van der Waals surface area contributed by atoms with Crippen LogP contribution in [0.2, 0.25) is 0 Å². The molecule has 6 nitrogen and oxygen atoms in total. The van der Waals surface area contributed by atoms with E-state index in [1.54, 1.807) is 0 Å². The Kier molecular flexibility index (Phi) is 6.55. The van der Waals surface area contributed by atoms with Crippen LogP contribution in [-0.2, 0) is 4.74 Å². The van der Waals surface area contributed by atoms with Crippen molar-refractivity contribution in [3.05, 3.63) is 24.8 Å². The molecule has 1 fully saturated rings. The molecule has 0 aromatic carbocycles. The van der Waals surface area contributed by atoms with Gasteiger partial charge in [-0.05, 0) is 34.7 Å². The number of nitro groups is 1. The van der Waals surface area contributed by atoms with Crippen LogP contribution >= 0.6 is 27.3 Å². The highest BCUT2D eigenvalue weighted by atomic mass is 79.9. The average Bonchev–Trinajstić information content (AvgIpc) is 2.91. The molecule has 0 aliphatic carbocycles. The van der Waals surface area contributed by atoms with E-state index in [9.17, 15) is 14.9 Å². The summed E-state index contributed by atoms with van der Waals surface area (Å²) < 4.78 is 6.42. The van der Waals surface area contributed by atoms with E-state index in [1.165, 1.54) is 6.07 Å². The van der Waals surface area contributed by atoms with Crippen LogP contribution in [0, 0.1) is 16.0 Å². The van der Waals surface area contributed by atoms with Crippen LogP contribution in [0.15, 0.2) is 9.85 Å². The minimum Gasteiger partial charge on any atom is -0.378 e. The van der Waals surface area contributed by atoms with Crippen LogP contribution in [0.1, 0.15) is 49.2 Å². The molecule has 0 bridgehead atoms. The van der Waals surface area contributed by atoms with Crippen molar-refractivity contribution in [2.45, 2.75) is 51.7 Å². The summed E-state index contributed by atoms with van der Waals surface area (Å²) in [5.74, 6) is 0.113. The first-order chi connectivity index (χ1) is 11.0. The summed E-state index contributed by atoms with van der Waals surface area (Å²) in [6.07, 6.45) is 3.74. The monoisotopic (exact) mass is 404 g/mol. The van der Waals surface area contributed by atoms with Gasteiger partial charge in [-0.15, -0.1) is 11.3 Å². The molecular formula is C15H21BrN2O4S. The van der Waals surface area contributed by atoms with Crippen molar-refractivity contribution in [1.82, 2.24) is 5.32 Å².